The third-order valence-corrected chi connectivity index (χ3v) is 4.45. The van der Waals surface area contributed by atoms with E-state index in [9.17, 15) is 9.50 Å². The van der Waals surface area contributed by atoms with Gasteiger partial charge in [0.1, 0.15) is 5.82 Å². The van der Waals surface area contributed by atoms with Crippen molar-refractivity contribution in [3.8, 4) is 0 Å². The van der Waals surface area contributed by atoms with Crippen LogP contribution in [0.1, 0.15) is 37.7 Å². The first-order valence-electron chi connectivity index (χ1n) is 7.85. The van der Waals surface area contributed by atoms with Crippen LogP contribution in [0.25, 0.3) is 0 Å². The molecule has 0 bridgehead atoms. The molecule has 0 unspecified atom stereocenters. The first-order valence-corrected chi connectivity index (χ1v) is 7.85. The van der Waals surface area contributed by atoms with E-state index in [1.54, 1.807) is 13.2 Å². The third kappa shape index (κ3) is 4.25. The van der Waals surface area contributed by atoms with Crippen molar-refractivity contribution in [2.45, 2.75) is 37.7 Å². The Bertz CT molecular complexity index is 435. The molecule has 1 aliphatic heterocycles. The molecule has 1 aromatic carbocycles. The fraction of sp³-hybridized carbons (Fsp3) is 0.647. The predicted octanol–water partition coefficient (Wildman–Crippen LogP) is 2.83. The fourth-order valence-corrected chi connectivity index (χ4v) is 3.24. The van der Waals surface area contributed by atoms with Crippen LogP contribution in [0, 0.1) is 11.7 Å². The molecule has 1 aliphatic rings. The fourth-order valence-electron chi connectivity index (χ4n) is 3.24. The Kier molecular flexibility index (Phi) is 6.15. The molecule has 0 aliphatic carbocycles. The molecule has 118 valence electrons. The van der Waals surface area contributed by atoms with E-state index < -0.39 is 5.60 Å². The summed E-state index contributed by atoms with van der Waals surface area (Å²) in [4.78, 5) is 0. The smallest absolute Gasteiger partial charge is 0.123 e. The lowest BCUT2D eigenvalue weighted by atomic mass is 9.74. The van der Waals surface area contributed by atoms with E-state index in [0.29, 0.717) is 18.6 Å². The molecule has 1 heterocycles. The topological polar surface area (TPSA) is 41.5 Å². The molecule has 0 spiro atoms. The molecule has 2 atom stereocenters. The highest BCUT2D eigenvalue weighted by atomic mass is 19.1. The molecule has 2 N–H and O–H groups in total. The second-order valence-electron chi connectivity index (χ2n) is 5.93. The lowest BCUT2D eigenvalue weighted by molar-refractivity contribution is -0.0436. The minimum atomic E-state index is -0.955. The van der Waals surface area contributed by atoms with Gasteiger partial charge in [-0.1, -0.05) is 12.1 Å². The van der Waals surface area contributed by atoms with Gasteiger partial charge < -0.3 is 15.2 Å². The van der Waals surface area contributed by atoms with Crippen LogP contribution in [0.2, 0.25) is 0 Å². The van der Waals surface area contributed by atoms with Crippen LogP contribution < -0.4 is 5.32 Å². The molecule has 1 fully saturated rings. The van der Waals surface area contributed by atoms with Crippen molar-refractivity contribution in [2.75, 3.05) is 26.8 Å². The van der Waals surface area contributed by atoms with Gasteiger partial charge in [-0.15, -0.1) is 0 Å². The summed E-state index contributed by atoms with van der Waals surface area (Å²) in [7, 11) is 1.68. The number of rotatable bonds is 7. The number of nitrogens with one attached hydrogen (secondary N) is 1. The van der Waals surface area contributed by atoms with Crippen LogP contribution >= 0.6 is 0 Å². The van der Waals surface area contributed by atoms with Gasteiger partial charge in [-0.25, -0.2) is 4.39 Å². The Hall–Kier alpha value is -0.970. The number of unbranched alkanes of at least 4 members (excludes halogenated alkanes) is 1. The molecule has 4 heteroatoms. The van der Waals surface area contributed by atoms with Gasteiger partial charge in [0, 0.05) is 26.2 Å². The summed E-state index contributed by atoms with van der Waals surface area (Å²) in [5.41, 5.74) is -0.253. The van der Waals surface area contributed by atoms with Crippen LogP contribution in [-0.2, 0) is 10.3 Å². The van der Waals surface area contributed by atoms with Gasteiger partial charge >= 0.3 is 0 Å². The highest BCUT2D eigenvalue weighted by Crippen LogP contribution is 2.38. The lowest BCUT2D eigenvalue weighted by Gasteiger charge is -2.39. The summed E-state index contributed by atoms with van der Waals surface area (Å²) >= 11 is 0. The van der Waals surface area contributed by atoms with Crippen LogP contribution in [0.5, 0.6) is 0 Å². The largest absolute Gasteiger partial charge is 0.385 e. The van der Waals surface area contributed by atoms with E-state index in [1.165, 1.54) is 12.1 Å². The summed E-state index contributed by atoms with van der Waals surface area (Å²) < 4.78 is 18.6. The normalized spacial score (nSPS) is 22.0. The molecule has 0 aromatic heterocycles. The third-order valence-electron chi connectivity index (χ3n) is 4.45. The zero-order valence-electron chi connectivity index (χ0n) is 12.8. The van der Waals surface area contributed by atoms with Crippen LogP contribution in [0.4, 0.5) is 4.39 Å². The van der Waals surface area contributed by atoms with Gasteiger partial charge in [0.25, 0.3) is 0 Å². The van der Waals surface area contributed by atoms with Gasteiger partial charge in [0.15, 0.2) is 0 Å². The number of halogens is 1. The van der Waals surface area contributed by atoms with Gasteiger partial charge in [0.2, 0.25) is 0 Å². The average molecular weight is 295 g/mol. The van der Waals surface area contributed by atoms with Crippen molar-refractivity contribution in [3.05, 3.63) is 35.6 Å². The Morgan fingerprint density at radius 3 is 2.95 bits per heavy atom. The Morgan fingerprint density at radius 1 is 1.43 bits per heavy atom. The average Bonchev–Trinajstić information content (AvgIpc) is 2.52. The maximum absolute atomic E-state index is 13.6. The first kappa shape index (κ1) is 16.4. The SMILES string of the molecule is COCCCC[C@@](O)(c1cccc(F)c1)[C@@H]1CCCNC1. The van der Waals surface area contributed by atoms with Crippen LogP contribution in [-0.4, -0.2) is 31.9 Å². The molecule has 0 saturated carbocycles. The van der Waals surface area contributed by atoms with Gasteiger partial charge in [0.05, 0.1) is 5.60 Å². The molecule has 0 radical (unpaired) electrons. The minimum absolute atomic E-state index is 0.135. The molecule has 21 heavy (non-hydrogen) atoms. The standard InChI is InChI=1S/C17H26FNO2/c1-21-11-3-2-9-17(20,15-7-5-10-19-13-15)14-6-4-8-16(18)12-14/h4,6,8,12,15,19-20H,2-3,5,7,9-11,13H2,1H3/t15-,17-/m1/s1. The van der Waals surface area contributed by atoms with Crippen molar-refractivity contribution >= 4 is 0 Å². The monoisotopic (exact) mass is 295 g/mol. The van der Waals surface area contributed by atoms with E-state index in [-0.39, 0.29) is 11.7 Å². The molecule has 2 rings (SSSR count). The zero-order valence-corrected chi connectivity index (χ0v) is 12.8. The Balaban J connectivity index is 2.15. The molecule has 1 saturated heterocycles. The zero-order chi connectivity index (χ0) is 15.1. The number of benzene rings is 1. The molecule has 0 amide bonds. The predicted molar refractivity (Wildman–Crippen MR) is 81.6 cm³/mol. The lowest BCUT2D eigenvalue weighted by Crippen LogP contribution is -2.44. The summed E-state index contributed by atoms with van der Waals surface area (Å²) in [6.07, 6.45) is 4.46. The maximum atomic E-state index is 13.6. The van der Waals surface area contributed by atoms with Crippen molar-refractivity contribution in [1.29, 1.82) is 0 Å². The quantitative estimate of drug-likeness (QED) is 0.760. The van der Waals surface area contributed by atoms with Crippen molar-refractivity contribution in [3.63, 3.8) is 0 Å². The van der Waals surface area contributed by atoms with Crippen molar-refractivity contribution in [1.82, 2.24) is 5.32 Å². The second kappa shape index (κ2) is 7.87. The summed E-state index contributed by atoms with van der Waals surface area (Å²) in [5.74, 6) is -0.151. The number of ether oxygens (including phenoxy) is 1. The molecule has 1 aromatic rings. The van der Waals surface area contributed by atoms with Crippen LogP contribution in [0.15, 0.2) is 24.3 Å². The number of aliphatic hydroxyl groups is 1. The maximum Gasteiger partial charge on any atom is 0.123 e. The Labute approximate surface area is 126 Å². The molecule has 3 nitrogen and oxygen atoms in total. The van der Waals surface area contributed by atoms with E-state index in [2.05, 4.69) is 5.32 Å². The number of hydrogen-bond donors (Lipinski definition) is 2. The number of piperidine rings is 1. The Morgan fingerprint density at radius 2 is 2.29 bits per heavy atom. The van der Waals surface area contributed by atoms with E-state index in [4.69, 9.17) is 4.74 Å². The van der Waals surface area contributed by atoms with E-state index in [1.807, 2.05) is 6.07 Å². The highest BCUT2D eigenvalue weighted by Gasteiger charge is 2.38. The summed E-state index contributed by atoms with van der Waals surface area (Å²) in [5, 5.41) is 14.6. The number of hydrogen-bond acceptors (Lipinski definition) is 3. The van der Waals surface area contributed by atoms with Crippen LogP contribution in [0.3, 0.4) is 0 Å². The van der Waals surface area contributed by atoms with Crippen molar-refractivity contribution < 1.29 is 14.2 Å². The molecular weight excluding hydrogens is 269 g/mol. The van der Waals surface area contributed by atoms with Crippen molar-refractivity contribution in [2.24, 2.45) is 5.92 Å². The van der Waals surface area contributed by atoms with Gasteiger partial charge in [-0.3, -0.25) is 0 Å². The molecular formula is C17H26FNO2. The minimum Gasteiger partial charge on any atom is -0.385 e. The summed E-state index contributed by atoms with van der Waals surface area (Å²) in [6.45, 7) is 2.48. The van der Waals surface area contributed by atoms with Gasteiger partial charge in [-0.2, -0.15) is 0 Å². The summed E-state index contributed by atoms with van der Waals surface area (Å²) in [6, 6.07) is 6.42. The first-order chi connectivity index (χ1) is 10.2. The number of methoxy groups -OCH3 is 1. The second-order valence-corrected chi connectivity index (χ2v) is 5.93. The van der Waals surface area contributed by atoms with E-state index in [0.717, 1.165) is 38.8 Å². The highest BCUT2D eigenvalue weighted by molar-refractivity contribution is 5.24. The van der Waals surface area contributed by atoms with Gasteiger partial charge in [-0.05, 0) is 56.3 Å². The van der Waals surface area contributed by atoms with E-state index >= 15 is 0 Å².